The second-order valence-corrected chi connectivity index (χ2v) is 6.46. The van der Waals surface area contributed by atoms with Crippen LogP contribution in [-0.2, 0) is 16.3 Å². The lowest BCUT2D eigenvalue weighted by Gasteiger charge is -2.00. The van der Waals surface area contributed by atoms with Gasteiger partial charge in [-0.15, -0.1) is 0 Å². The molecule has 0 atom stereocenters. The number of alkyl halides is 3. The Morgan fingerprint density at radius 3 is 2.00 bits per heavy atom. The quantitative estimate of drug-likeness (QED) is 0.715. The maximum absolute atomic E-state index is 12.4. The monoisotopic (exact) mass is 392 g/mol. The zero-order valence-corrected chi connectivity index (χ0v) is 13.6. The van der Waals surface area contributed by atoms with E-state index in [1.54, 1.807) is 0 Å². The van der Waals surface area contributed by atoms with Gasteiger partial charge in [-0.2, -0.15) is 21.6 Å². The molecule has 12 heteroatoms. The van der Waals surface area contributed by atoms with Crippen LogP contribution in [0.15, 0.2) is 22.6 Å². The standard InChI is InChI=1S/C10H5Cl2F3N2O.CH4O3S/c11-5-1-4(2-6(12)3-5)7-8(16)18-9(17-7)10(13,14)15;1-5(2,3)4/h1-3H,16H2;1H3,(H,2,3,4). The summed E-state index contributed by atoms with van der Waals surface area (Å²) in [6.45, 7) is 0. The first kappa shape index (κ1) is 19.6. The van der Waals surface area contributed by atoms with Crippen LogP contribution in [0, 0.1) is 0 Å². The number of aromatic nitrogens is 1. The van der Waals surface area contributed by atoms with E-state index in [4.69, 9.17) is 33.5 Å². The van der Waals surface area contributed by atoms with Crippen LogP contribution in [0.4, 0.5) is 19.1 Å². The van der Waals surface area contributed by atoms with Gasteiger partial charge in [0.15, 0.2) is 0 Å². The van der Waals surface area contributed by atoms with Crippen LogP contribution < -0.4 is 5.73 Å². The average Bonchev–Trinajstić information content (AvgIpc) is 2.67. The molecule has 0 saturated carbocycles. The lowest BCUT2D eigenvalue weighted by molar-refractivity contribution is -0.156. The van der Waals surface area contributed by atoms with Crippen molar-refractivity contribution in [1.29, 1.82) is 0 Å². The van der Waals surface area contributed by atoms with E-state index in [1.165, 1.54) is 18.2 Å². The number of nitrogens with zero attached hydrogens (tertiary/aromatic N) is 1. The van der Waals surface area contributed by atoms with Crippen molar-refractivity contribution in [2.75, 3.05) is 12.0 Å². The molecule has 0 aliphatic carbocycles. The lowest BCUT2D eigenvalue weighted by atomic mass is 10.1. The van der Waals surface area contributed by atoms with Gasteiger partial charge in [-0.1, -0.05) is 23.2 Å². The molecule has 0 amide bonds. The van der Waals surface area contributed by atoms with Crippen LogP contribution in [-0.4, -0.2) is 24.2 Å². The summed E-state index contributed by atoms with van der Waals surface area (Å²) < 4.78 is 67.4. The SMILES string of the molecule is CS(=O)(=O)O.Nc1oc(C(F)(F)F)nc1-c1cc(Cl)cc(Cl)c1. The molecule has 1 heterocycles. The van der Waals surface area contributed by atoms with E-state index in [0.717, 1.165) is 0 Å². The second-order valence-electron chi connectivity index (χ2n) is 4.12. The predicted molar refractivity (Wildman–Crippen MR) is 78.8 cm³/mol. The summed E-state index contributed by atoms with van der Waals surface area (Å²) in [7, 11) is -3.67. The first-order valence-corrected chi connectivity index (χ1v) is 8.10. The number of nitrogens with two attached hydrogens (primary N) is 1. The summed E-state index contributed by atoms with van der Waals surface area (Å²) in [6.07, 6.45) is -3.98. The fourth-order valence-electron chi connectivity index (χ4n) is 1.35. The van der Waals surface area contributed by atoms with Gasteiger partial charge in [0.05, 0.1) is 6.26 Å². The molecule has 0 unspecified atom stereocenters. The Labute approximate surface area is 138 Å². The Kier molecular flexibility index (Phi) is 5.91. The molecule has 6 nitrogen and oxygen atoms in total. The Morgan fingerprint density at radius 1 is 1.22 bits per heavy atom. The predicted octanol–water partition coefficient (Wildman–Crippen LogP) is 3.75. The Morgan fingerprint density at radius 2 is 1.65 bits per heavy atom. The molecule has 0 aliphatic rings. The topological polar surface area (TPSA) is 106 Å². The van der Waals surface area contributed by atoms with Crippen LogP contribution in [0.5, 0.6) is 0 Å². The summed E-state index contributed by atoms with van der Waals surface area (Å²) in [5.41, 5.74) is 5.46. The third-order valence-electron chi connectivity index (χ3n) is 2.03. The molecule has 2 rings (SSSR count). The Balaban J connectivity index is 0.000000463. The summed E-state index contributed by atoms with van der Waals surface area (Å²) in [4.78, 5) is 3.30. The van der Waals surface area contributed by atoms with Crippen LogP contribution in [0.25, 0.3) is 11.3 Å². The first-order chi connectivity index (χ1) is 10.3. The van der Waals surface area contributed by atoms with Gasteiger partial charge >= 0.3 is 12.1 Å². The van der Waals surface area contributed by atoms with Crippen molar-refractivity contribution in [1.82, 2.24) is 4.98 Å². The van der Waals surface area contributed by atoms with Crippen LogP contribution in [0.2, 0.25) is 10.0 Å². The van der Waals surface area contributed by atoms with Crippen molar-refractivity contribution in [3.05, 3.63) is 34.1 Å². The van der Waals surface area contributed by atoms with Crippen molar-refractivity contribution in [2.45, 2.75) is 6.18 Å². The highest BCUT2D eigenvalue weighted by atomic mass is 35.5. The molecule has 0 aliphatic heterocycles. The number of nitrogen functional groups attached to an aromatic ring is 1. The molecule has 2 aromatic rings. The van der Waals surface area contributed by atoms with E-state index in [1.807, 2.05) is 0 Å². The minimum atomic E-state index is -4.70. The largest absolute Gasteiger partial charge is 0.469 e. The molecule has 0 radical (unpaired) electrons. The lowest BCUT2D eigenvalue weighted by Crippen LogP contribution is -2.04. The minimum Gasteiger partial charge on any atom is -0.416 e. The number of anilines is 1. The molecular weight excluding hydrogens is 384 g/mol. The van der Waals surface area contributed by atoms with E-state index in [-0.39, 0.29) is 21.3 Å². The zero-order chi connectivity index (χ0) is 18.0. The van der Waals surface area contributed by atoms with Crippen LogP contribution in [0.1, 0.15) is 5.89 Å². The number of hydrogen-bond acceptors (Lipinski definition) is 5. The average molecular weight is 393 g/mol. The third-order valence-corrected chi connectivity index (χ3v) is 2.47. The van der Waals surface area contributed by atoms with Gasteiger partial charge in [0.1, 0.15) is 5.69 Å². The van der Waals surface area contributed by atoms with Gasteiger partial charge in [-0.05, 0) is 18.2 Å². The maximum Gasteiger partial charge on any atom is 0.469 e. The molecule has 0 fully saturated rings. The van der Waals surface area contributed by atoms with E-state index in [0.29, 0.717) is 6.26 Å². The highest BCUT2D eigenvalue weighted by molar-refractivity contribution is 7.85. The highest BCUT2D eigenvalue weighted by Gasteiger charge is 2.38. The summed E-state index contributed by atoms with van der Waals surface area (Å²) >= 11 is 11.5. The Hall–Kier alpha value is -1.49. The van der Waals surface area contributed by atoms with Gasteiger partial charge < -0.3 is 10.2 Å². The fourth-order valence-corrected chi connectivity index (χ4v) is 1.88. The fraction of sp³-hybridized carbons (Fsp3) is 0.182. The van der Waals surface area contributed by atoms with Crippen LogP contribution in [0.3, 0.4) is 0 Å². The summed E-state index contributed by atoms with van der Waals surface area (Å²) in [6, 6.07) is 4.22. The molecular formula is C11H9Cl2F3N2O4S. The van der Waals surface area contributed by atoms with E-state index < -0.39 is 28.1 Å². The van der Waals surface area contributed by atoms with Crippen molar-refractivity contribution >= 4 is 39.2 Å². The van der Waals surface area contributed by atoms with Crippen molar-refractivity contribution in [3.63, 3.8) is 0 Å². The molecule has 3 N–H and O–H groups in total. The number of benzene rings is 1. The number of rotatable bonds is 1. The first-order valence-electron chi connectivity index (χ1n) is 5.50. The second kappa shape index (κ2) is 6.95. The molecule has 1 aromatic heterocycles. The summed E-state index contributed by atoms with van der Waals surface area (Å²) in [5.74, 6) is -1.85. The van der Waals surface area contributed by atoms with E-state index in [9.17, 15) is 21.6 Å². The number of hydrogen-bond donors (Lipinski definition) is 2. The van der Waals surface area contributed by atoms with Crippen LogP contribution >= 0.6 is 23.2 Å². The molecule has 128 valence electrons. The summed E-state index contributed by atoms with van der Waals surface area (Å²) in [5, 5.41) is 0.516. The van der Waals surface area contributed by atoms with E-state index >= 15 is 0 Å². The number of oxazole rings is 1. The van der Waals surface area contributed by atoms with Gasteiger partial charge in [-0.3, -0.25) is 4.55 Å². The highest BCUT2D eigenvalue weighted by Crippen LogP contribution is 2.36. The Bertz CT molecular complexity index is 778. The molecule has 0 spiro atoms. The minimum absolute atomic E-state index is 0.147. The molecule has 0 bridgehead atoms. The van der Waals surface area contributed by atoms with Crippen molar-refractivity contribution in [3.8, 4) is 11.3 Å². The zero-order valence-electron chi connectivity index (χ0n) is 11.2. The normalized spacial score (nSPS) is 11.8. The smallest absolute Gasteiger partial charge is 0.416 e. The molecule has 0 saturated heterocycles. The van der Waals surface area contributed by atoms with Gasteiger partial charge in [-0.25, -0.2) is 4.98 Å². The van der Waals surface area contributed by atoms with Gasteiger partial charge in [0.2, 0.25) is 5.88 Å². The third kappa shape index (κ3) is 6.65. The molecule has 23 heavy (non-hydrogen) atoms. The van der Waals surface area contributed by atoms with Crippen molar-refractivity contribution in [2.24, 2.45) is 0 Å². The van der Waals surface area contributed by atoms with Crippen molar-refractivity contribution < 1.29 is 30.6 Å². The van der Waals surface area contributed by atoms with Gasteiger partial charge in [0.25, 0.3) is 10.1 Å². The number of halogens is 5. The van der Waals surface area contributed by atoms with Gasteiger partial charge in [0, 0.05) is 15.6 Å². The molecule has 1 aromatic carbocycles. The van der Waals surface area contributed by atoms with E-state index in [2.05, 4.69) is 9.40 Å². The maximum atomic E-state index is 12.4.